The number of fused-ring (bicyclic) bond motifs is 2. The van der Waals surface area contributed by atoms with E-state index in [2.05, 4.69) is 15.2 Å². The Bertz CT molecular complexity index is 1870. The van der Waals surface area contributed by atoms with E-state index < -0.39 is 43.8 Å². The van der Waals surface area contributed by atoms with Gasteiger partial charge in [0.2, 0.25) is 0 Å². The van der Waals surface area contributed by atoms with Crippen LogP contribution in [0.3, 0.4) is 0 Å². The van der Waals surface area contributed by atoms with Crippen molar-refractivity contribution >= 4 is 21.7 Å². The largest absolute Gasteiger partial charge is 0.417 e. The van der Waals surface area contributed by atoms with E-state index in [-0.39, 0.29) is 42.3 Å². The van der Waals surface area contributed by atoms with Crippen LogP contribution in [-0.4, -0.2) is 44.0 Å². The standard InChI is InChI=1S/C30H25F4N5O3S/c31-21-3-5-23(6-4-21)39-27-11-19-1-9-24(43(41,42)25-16-36-38(17-25)22-7-8-22)13-29(19,12-18(27)14-37-39)28(40)26-10-2-20(15-35-26)30(32,33)34/h2-6,10-11,14-17,22,24H,1,7-9,12-13H2/t24-,29-/m0/s1. The second-order valence-corrected chi connectivity index (χ2v) is 13.7. The van der Waals surface area contributed by atoms with E-state index in [1.807, 2.05) is 6.08 Å². The Labute approximate surface area is 244 Å². The monoisotopic (exact) mass is 611 g/mol. The highest BCUT2D eigenvalue weighted by Gasteiger charge is 2.52. The molecule has 0 spiro atoms. The van der Waals surface area contributed by atoms with Crippen molar-refractivity contribution in [3.05, 3.63) is 95.1 Å². The minimum atomic E-state index is -4.62. The molecule has 2 atom stereocenters. The highest BCUT2D eigenvalue weighted by atomic mass is 32.2. The van der Waals surface area contributed by atoms with E-state index in [1.165, 1.54) is 24.5 Å². The van der Waals surface area contributed by atoms with Crippen LogP contribution < -0.4 is 0 Å². The minimum Gasteiger partial charge on any atom is -0.291 e. The number of hydrogen-bond donors (Lipinski definition) is 0. The molecule has 3 heterocycles. The molecule has 0 amide bonds. The Morgan fingerprint density at radius 3 is 2.42 bits per heavy atom. The molecular weight excluding hydrogens is 586 g/mol. The normalized spacial score (nSPS) is 22.0. The molecule has 2 fully saturated rings. The van der Waals surface area contributed by atoms with Gasteiger partial charge < -0.3 is 0 Å². The maximum absolute atomic E-state index is 14.3. The van der Waals surface area contributed by atoms with Crippen LogP contribution in [0.15, 0.2) is 71.7 Å². The van der Waals surface area contributed by atoms with Gasteiger partial charge in [-0.25, -0.2) is 17.5 Å². The van der Waals surface area contributed by atoms with E-state index in [4.69, 9.17) is 0 Å². The molecule has 2 saturated carbocycles. The number of carbonyl (C=O) groups excluding carboxylic acids is 1. The van der Waals surface area contributed by atoms with Gasteiger partial charge >= 0.3 is 6.18 Å². The number of pyridine rings is 1. The Balaban J connectivity index is 1.30. The van der Waals surface area contributed by atoms with Gasteiger partial charge in [-0.3, -0.25) is 14.5 Å². The molecule has 4 aromatic rings. The van der Waals surface area contributed by atoms with Crippen LogP contribution in [-0.2, 0) is 22.4 Å². The van der Waals surface area contributed by atoms with Gasteiger partial charge in [0.15, 0.2) is 15.6 Å². The van der Waals surface area contributed by atoms with Crippen molar-refractivity contribution in [2.45, 2.75) is 60.9 Å². The summed E-state index contributed by atoms with van der Waals surface area (Å²) in [5.74, 6) is -0.944. The van der Waals surface area contributed by atoms with E-state index in [9.17, 15) is 30.8 Å². The number of Topliss-reactive ketones (excluding diaryl/α,β-unsaturated/α-hetero) is 1. The minimum absolute atomic E-state index is 0.0710. The lowest BCUT2D eigenvalue weighted by Crippen LogP contribution is -2.45. The van der Waals surface area contributed by atoms with Crippen LogP contribution in [0.1, 0.15) is 65.5 Å². The van der Waals surface area contributed by atoms with Crippen LogP contribution >= 0.6 is 0 Å². The highest BCUT2D eigenvalue weighted by Crippen LogP contribution is 2.52. The molecule has 3 aliphatic carbocycles. The fourth-order valence-electron chi connectivity index (χ4n) is 6.26. The lowest BCUT2D eigenvalue weighted by molar-refractivity contribution is -0.137. The van der Waals surface area contributed by atoms with Crippen molar-refractivity contribution < 1.29 is 30.8 Å². The summed E-state index contributed by atoms with van der Waals surface area (Å²) in [5.41, 5.74) is 0.0833. The summed E-state index contributed by atoms with van der Waals surface area (Å²) in [6.45, 7) is 0. The topological polar surface area (TPSA) is 99.7 Å². The highest BCUT2D eigenvalue weighted by molar-refractivity contribution is 7.92. The number of sulfone groups is 1. The van der Waals surface area contributed by atoms with Crippen molar-refractivity contribution in [3.63, 3.8) is 0 Å². The first-order valence-electron chi connectivity index (χ1n) is 13.9. The van der Waals surface area contributed by atoms with E-state index in [0.29, 0.717) is 28.7 Å². The average Bonchev–Trinajstić information content (AvgIpc) is 3.57. The summed E-state index contributed by atoms with van der Waals surface area (Å²) in [5, 5.41) is 7.78. The molecule has 8 nitrogen and oxygen atoms in total. The third-order valence-electron chi connectivity index (χ3n) is 8.71. The van der Waals surface area contributed by atoms with Crippen LogP contribution in [0, 0.1) is 11.2 Å². The smallest absolute Gasteiger partial charge is 0.291 e. The molecule has 0 unspecified atom stereocenters. The van der Waals surface area contributed by atoms with Crippen molar-refractivity contribution in [2.24, 2.45) is 5.41 Å². The van der Waals surface area contributed by atoms with E-state index in [1.54, 1.807) is 27.7 Å². The van der Waals surface area contributed by atoms with Crippen molar-refractivity contribution in [3.8, 4) is 5.69 Å². The molecular formula is C30H25F4N5O3S. The number of alkyl halides is 3. The zero-order chi connectivity index (χ0) is 30.1. The second-order valence-electron chi connectivity index (χ2n) is 11.4. The fraction of sp³-hybridized carbons (Fsp3) is 0.333. The van der Waals surface area contributed by atoms with Crippen molar-refractivity contribution in [2.75, 3.05) is 0 Å². The van der Waals surface area contributed by atoms with Gasteiger partial charge in [0.25, 0.3) is 0 Å². The lowest BCUT2D eigenvalue weighted by Gasteiger charge is -2.43. The third kappa shape index (κ3) is 4.70. The average molecular weight is 612 g/mol. The number of aromatic nitrogens is 5. The summed E-state index contributed by atoms with van der Waals surface area (Å²) >= 11 is 0. The maximum atomic E-state index is 14.3. The zero-order valence-corrected chi connectivity index (χ0v) is 23.4. The van der Waals surface area contributed by atoms with Gasteiger partial charge in [-0.2, -0.15) is 23.4 Å². The molecule has 3 aromatic heterocycles. The van der Waals surface area contributed by atoms with Gasteiger partial charge in [-0.05, 0) is 86.6 Å². The third-order valence-corrected chi connectivity index (χ3v) is 10.9. The van der Waals surface area contributed by atoms with Gasteiger partial charge in [0.1, 0.15) is 16.4 Å². The Morgan fingerprint density at radius 2 is 1.74 bits per heavy atom. The molecule has 0 aliphatic heterocycles. The molecule has 43 heavy (non-hydrogen) atoms. The van der Waals surface area contributed by atoms with Crippen molar-refractivity contribution in [1.82, 2.24) is 24.5 Å². The number of carbonyl (C=O) groups is 1. The van der Waals surface area contributed by atoms with E-state index >= 15 is 0 Å². The first kappa shape index (κ1) is 27.7. The first-order valence-corrected chi connectivity index (χ1v) is 15.4. The van der Waals surface area contributed by atoms with Crippen LogP contribution in [0.2, 0.25) is 0 Å². The summed E-state index contributed by atoms with van der Waals surface area (Å²) in [4.78, 5) is 18.3. The summed E-state index contributed by atoms with van der Waals surface area (Å²) in [6.07, 6.45) is 4.67. The fourth-order valence-corrected chi connectivity index (χ4v) is 8.02. The van der Waals surface area contributed by atoms with Gasteiger partial charge in [-0.15, -0.1) is 0 Å². The molecule has 222 valence electrons. The molecule has 3 aliphatic rings. The SMILES string of the molecule is O=C(c1ccc(C(F)(F)F)cn1)[C@]12Cc3cnn(-c4ccc(F)cc4)c3C=C1CC[C@H](S(=O)(=O)c1cnn(C3CC3)c1)C2. The lowest BCUT2D eigenvalue weighted by atomic mass is 9.61. The molecule has 0 bridgehead atoms. The van der Waals surface area contributed by atoms with Gasteiger partial charge in [0, 0.05) is 12.4 Å². The summed E-state index contributed by atoms with van der Waals surface area (Å²) in [7, 11) is -3.88. The molecule has 0 N–H and O–H groups in total. The van der Waals surface area contributed by atoms with Crippen molar-refractivity contribution in [1.29, 1.82) is 0 Å². The number of halogens is 4. The zero-order valence-electron chi connectivity index (χ0n) is 22.6. The van der Waals surface area contributed by atoms with Crippen LogP contribution in [0.25, 0.3) is 11.8 Å². The second kappa shape index (κ2) is 9.69. The van der Waals surface area contributed by atoms with Crippen LogP contribution in [0.5, 0.6) is 0 Å². The van der Waals surface area contributed by atoms with E-state index in [0.717, 1.165) is 25.0 Å². The first-order chi connectivity index (χ1) is 20.5. The number of ketones is 1. The number of benzene rings is 1. The van der Waals surface area contributed by atoms with Gasteiger partial charge in [0.05, 0.1) is 46.0 Å². The Kier molecular flexibility index (Phi) is 6.24. The number of rotatable bonds is 6. The number of allylic oxidation sites excluding steroid dienone is 1. The molecule has 13 heteroatoms. The molecule has 0 radical (unpaired) electrons. The quantitative estimate of drug-likeness (QED) is 0.202. The molecule has 0 saturated heterocycles. The van der Waals surface area contributed by atoms with Gasteiger partial charge in [-0.1, -0.05) is 5.57 Å². The predicted octanol–water partition coefficient (Wildman–Crippen LogP) is 5.79. The Hall–Kier alpha value is -4.13. The Morgan fingerprint density at radius 1 is 0.977 bits per heavy atom. The molecule has 7 rings (SSSR count). The maximum Gasteiger partial charge on any atom is 0.417 e. The predicted molar refractivity (Wildman–Crippen MR) is 147 cm³/mol. The summed E-state index contributed by atoms with van der Waals surface area (Å²) < 4.78 is 84.3. The number of nitrogens with zero attached hydrogens (tertiary/aromatic N) is 5. The summed E-state index contributed by atoms with van der Waals surface area (Å²) in [6, 6.07) is 7.82. The van der Waals surface area contributed by atoms with Crippen LogP contribution in [0.4, 0.5) is 17.6 Å². The number of hydrogen-bond acceptors (Lipinski definition) is 6. The molecule has 1 aromatic carbocycles.